The van der Waals surface area contributed by atoms with Gasteiger partial charge in [-0.15, -0.1) is 0 Å². The summed E-state index contributed by atoms with van der Waals surface area (Å²) >= 11 is 0. The summed E-state index contributed by atoms with van der Waals surface area (Å²) in [5.41, 5.74) is 7.17. The van der Waals surface area contributed by atoms with Gasteiger partial charge in [0.05, 0.1) is 31.4 Å². The van der Waals surface area contributed by atoms with Crippen LogP contribution in [-0.2, 0) is 4.79 Å². The number of anilines is 1. The lowest BCUT2D eigenvalue weighted by Gasteiger charge is -2.39. The molecule has 2 aromatic rings. The average molecular weight is 661 g/mol. The molecule has 1 amide bonds. The van der Waals surface area contributed by atoms with Crippen LogP contribution >= 0.6 is 0 Å². The molecule has 6 rings (SSSR count). The van der Waals surface area contributed by atoms with Gasteiger partial charge in [0.2, 0.25) is 5.88 Å². The molecule has 1 aromatic heterocycles. The van der Waals surface area contributed by atoms with Crippen molar-refractivity contribution >= 4 is 17.6 Å². The fourth-order valence-corrected chi connectivity index (χ4v) is 6.46. The SMILES string of the molecule is COc1ccc(C(=O)N(CC(F)(F)F)C2CCC2)c(N2CCC(COc3cc(C(CC(=O)O)C4CC4)ccn3)CC2)c1.NC1CCC1. The summed E-state index contributed by atoms with van der Waals surface area (Å²) in [6.45, 7) is 0.413. The highest BCUT2D eigenvalue weighted by atomic mass is 19.4. The second-order valence-electron chi connectivity index (χ2n) is 13.4. The van der Waals surface area contributed by atoms with Gasteiger partial charge in [-0.05, 0) is 99.3 Å². The van der Waals surface area contributed by atoms with Crippen molar-refractivity contribution in [2.24, 2.45) is 17.6 Å². The minimum absolute atomic E-state index is 0.0350. The number of aliphatic carboxylic acids is 1. The van der Waals surface area contributed by atoms with Gasteiger partial charge in [-0.1, -0.05) is 6.42 Å². The Morgan fingerprint density at radius 2 is 1.72 bits per heavy atom. The first-order chi connectivity index (χ1) is 22.5. The summed E-state index contributed by atoms with van der Waals surface area (Å²) < 4.78 is 51.6. The molecule has 1 saturated heterocycles. The second-order valence-corrected chi connectivity index (χ2v) is 13.4. The molecule has 4 fully saturated rings. The van der Waals surface area contributed by atoms with Crippen molar-refractivity contribution in [2.75, 3.05) is 38.3 Å². The maximum absolute atomic E-state index is 13.5. The molecule has 4 aliphatic rings. The number of rotatable bonds is 12. The van der Waals surface area contributed by atoms with Gasteiger partial charge >= 0.3 is 12.1 Å². The van der Waals surface area contributed by atoms with Crippen molar-refractivity contribution in [2.45, 2.75) is 94.8 Å². The zero-order chi connectivity index (χ0) is 33.6. The molecule has 1 atom stereocenters. The number of nitrogens with zero attached hydrogens (tertiary/aromatic N) is 3. The van der Waals surface area contributed by atoms with Crippen molar-refractivity contribution in [3.63, 3.8) is 0 Å². The number of hydrogen-bond acceptors (Lipinski definition) is 7. The number of carbonyl (C=O) groups excluding carboxylic acids is 1. The third-order valence-corrected chi connectivity index (χ3v) is 9.91. The van der Waals surface area contributed by atoms with Crippen LogP contribution in [0.5, 0.6) is 11.6 Å². The fourth-order valence-electron chi connectivity index (χ4n) is 6.46. The van der Waals surface area contributed by atoms with Crippen LogP contribution in [0.3, 0.4) is 0 Å². The van der Waals surface area contributed by atoms with Crippen LogP contribution in [0.4, 0.5) is 18.9 Å². The molecule has 3 aliphatic carbocycles. The minimum Gasteiger partial charge on any atom is -0.497 e. The monoisotopic (exact) mass is 660 g/mol. The number of alkyl halides is 3. The molecular formula is C35H47F3N4O5. The lowest BCUT2D eigenvalue weighted by molar-refractivity contribution is -0.147. The molecule has 3 saturated carbocycles. The van der Waals surface area contributed by atoms with Gasteiger partial charge in [0.15, 0.2) is 0 Å². The quantitative estimate of drug-likeness (QED) is 0.268. The Labute approximate surface area is 274 Å². The summed E-state index contributed by atoms with van der Waals surface area (Å²) in [6, 6.07) is 8.82. The smallest absolute Gasteiger partial charge is 0.406 e. The number of aromatic nitrogens is 1. The van der Waals surface area contributed by atoms with E-state index in [0.717, 1.165) is 42.6 Å². The fraction of sp³-hybridized carbons (Fsp3) is 0.629. The number of hydrogen-bond donors (Lipinski definition) is 2. The number of amides is 1. The molecule has 0 spiro atoms. The molecule has 1 aliphatic heterocycles. The van der Waals surface area contributed by atoms with Crippen LogP contribution in [-0.4, -0.2) is 78.5 Å². The highest BCUT2D eigenvalue weighted by Crippen LogP contribution is 2.45. The van der Waals surface area contributed by atoms with E-state index in [1.165, 1.54) is 26.4 Å². The largest absolute Gasteiger partial charge is 0.497 e. The summed E-state index contributed by atoms with van der Waals surface area (Å²) in [4.78, 5) is 32.3. The van der Waals surface area contributed by atoms with Gasteiger partial charge in [-0.2, -0.15) is 13.2 Å². The van der Waals surface area contributed by atoms with E-state index in [4.69, 9.17) is 15.2 Å². The number of nitrogens with two attached hydrogens (primary N) is 1. The van der Waals surface area contributed by atoms with E-state index >= 15 is 0 Å². The van der Waals surface area contributed by atoms with Crippen LogP contribution < -0.4 is 20.1 Å². The summed E-state index contributed by atoms with van der Waals surface area (Å²) in [5.74, 6) is 0.194. The third kappa shape index (κ3) is 9.74. The zero-order valence-electron chi connectivity index (χ0n) is 27.1. The zero-order valence-corrected chi connectivity index (χ0v) is 27.1. The Hall–Kier alpha value is -3.54. The predicted molar refractivity (Wildman–Crippen MR) is 172 cm³/mol. The summed E-state index contributed by atoms with van der Waals surface area (Å²) in [6.07, 6.45) is 6.77. The van der Waals surface area contributed by atoms with E-state index in [1.54, 1.807) is 24.4 Å². The average Bonchev–Trinajstić information content (AvgIpc) is 3.85. The molecule has 0 radical (unpaired) electrons. The molecule has 9 nitrogen and oxygen atoms in total. The van der Waals surface area contributed by atoms with E-state index in [2.05, 4.69) is 4.98 Å². The number of ether oxygens (including phenoxy) is 2. The van der Waals surface area contributed by atoms with Gasteiger partial charge < -0.3 is 30.1 Å². The van der Waals surface area contributed by atoms with Gasteiger partial charge in [0.25, 0.3) is 5.91 Å². The van der Waals surface area contributed by atoms with E-state index in [-0.39, 0.29) is 23.8 Å². The van der Waals surface area contributed by atoms with E-state index < -0.39 is 30.6 Å². The lowest BCUT2D eigenvalue weighted by atomic mass is 9.90. The van der Waals surface area contributed by atoms with Crippen LogP contribution in [0, 0.1) is 11.8 Å². The van der Waals surface area contributed by atoms with Crippen molar-refractivity contribution in [1.82, 2.24) is 9.88 Å². The molecule has 2 heterocycles. The van der Waals surface area contributed by atoms with Gasteiger partial charge in [0.1, 0.15) is 12.3 Å². The highest BCUT2D eigenvalue weighted by molar-refractivity contribution is 6.00. The van der Waals surface area contributed by atoms with E-state index in [1.807, 2.05) is 17.0 Å². The van der Waals surface area contributed by atoms with Crippen molar-refractivity contribution in [3.05, 3.63) is 47.7 Å². The second kappa shape index (κ2) is 15.6. The number of carboxylic acid groups (broad SMARTS) is 1. The highest BCUT2D eigenvalue weighted by Gasteiger charge is 2.40. The molecule has 0 bridgehead atoms. The van der Waals surface area contributed by atoms with Crippen LogP contribution in [0.1, 0.15) is 92.5 Å². The standard InChI is InChI=1S/C31H38F3N3O5.C4H9N/c1-41-24-7-8-25(30(40)37(19-31(32,33)34)23-3-2-4-23)27(16-24)36-13-10-20(11-14-36)18-42-28-15-22(9-12-35-28)26(17-29(38)39)21-5-6-21;5-4-2-1-3-4/h7-9,12,15-16,20-21,23,26H,2-6,10-11,13-14,17-19H2,1H3,(H,38,39);4H,1-3,5H2. The van der Waals surface area contributed by atoms with Crippen LogP contribution in [0.15, 0.2) is 36.5 Å². The molecule has 12 heteroatoms. The number of carbonyl (C=O) groups is 2. The van der Waals surface area contributed by atoms with Crippen LogP contribution in [0.25, 0.3) is 0 Å². The summed E-state index contributed by atoms with van der Waals surface area (Å²) in [7, 11) is 1.52. The Morgan fingerprint density at radius 3 is 2.26 bits per heavy atom. The topological polar surface area (TPSA) is 118 Å². The first kappa shape index (κ1) is 34.8. The number of pyridine rings is 1. The molecule has 258 valence electrons. The van der Waals surface area contributed by atoms with Gasteiger partial charge in [-0.3, -0.25) is 9.59 Å². The van der Waals surface area contributed by atoms with Crippen molar-refractivity contribution in [3.8, 4) is 11.6 Å². The molecule has 3 N–H and O–H groups in total. The number of carboxylic acids is 1. The normalized spacial score (nSPS) is 19.5. The van der Waals surface area contributed by atoms with Crippen molar-refractivity contribution < 1.29 is 37.3 Å². The van der Waals surface area contributed by atoms with Gasteiger partial charge in [0, 0.05) is 43.5 Å². The number of piperidine rings is 1. The minimum atomic E-state index is -4.47. The summed E-state index contributed by atoms with van der Waals surface area (Å²) in [5, 5.41) is 9.33. The lowest BCUT2D eigenvalue weighted by Crippen LogP contribution is -2.49. The molecule has 1 unspecified atom stereocenters. The van der Waals surface area contributed by atoms with Crippen LogP contribution in [0.2, 0.25) is 0 Å². The Morgan fingerprint density at radius 1 is 1.04 bits per heavy atom. The first-order valence-electron chi connectivity index (χ1n) is 16.9. The number of halogens is 3. The Kier molecular flexibility index (Phi) is 11.5. The van der Waals surface area contributed by atoms with E-state index in [9.17, 15) is 27.9 Å². The van der Waals surface area contributed by atoms with E-state index in [0.29, 0.717) is 61.8 Å². The molecule has 47 heavy (non-hydrogen) atoms. The van der Waals surface area contributed by atoms with Crippen molar-refractivity contribution in [1.29, 1.82) is 0 Å². The van der Waals surface area contributed by atoms with Gasteiger partial charge in [-0.25, -0.2) is 4.98 Å². The predicted octanol–water partition coefficient (Wildman–Crippen LogP) is 6.41. The Bertz CT molecular complexity index is 1350. The first-order valence-corrected chi connectivity index (χ1v) is 16.9. The molecular weight excluding hydrogens is 613 g/mol. The number of methoxy groups -OCH3 is 1. The maximum Gasteiger partial charge on any atom is 0.406 e. The third-order valence-electron chi connectivity index (χ3n) is 9.91. The molecule has 1 aromatic carbocycles. The Balaban J connectivity index is 0.000000792. The number of benzene rings is 1. The maximum atomic E-state index is 13.5.